The average molecular weight is 1360 g/mol. The number of allylic oxidation sites excluding steroid dienone is 1. The Morgan fingerprint density at radius 1 is 0.719 bits per heavy atom. The predicted molar refractivity (Wildman–Crippen MR) is 346 cm³/mol. The van der Waals surface area contributed by atoms with Crippen LogP contribution < -0.4 is 59.3 Å². The van der Waals surface area contributed by atoms with Crippen LogP contribution in [0.2, 0.25) is 0 Å². The third-order valence-corrected chi connectivity index (χ3v) is 16.1. The first kappa shape index (κ1) is 83.7. The van der Waals surface area contributed by atoms with Gasteiger partial charge in [0.2, 0.25) is 70.9 Å². The second kappa shape index (κ2) is 39.6. The maximum atomic E-state index is 14.9. The van der Waals surface area contributed by atoms with Gasteiger partial charge in [-0.3, -0.25) is 57.5 Å². The number of rotatable bonds is 28. The fourth-order valence-corrected chi connectivity index (χ4v) is 10.3. The Labute approximate surface area is 559 Å². The van der Waals surface area contributed by atoms with E-state index in [0.29, 0.717) is 5.92 Å². The van der Waals surface area contributed by atoms with Crippen molar-refractivity contribution in [3.63, 3.8) is 0 Å². The van der Waals surface area contributed by atoms with Crippen molar-refractivity contribution in [1.29, 1.82) is 0 Å². The second-order valence-corrected chi connectivity index (χ2v) is 25.3. The number of phenols is 1. The fourth-order valence-electron chi connectivity index (χ4n) is 10.3. The molecule has 0 aliphatic carbocycles. The van der Waals surface area contributed by atoms with Crippen molar-refractivity contribution >= 4 is 76.9 Å². The molecule has 12 amide bonds. The van der Waals surface area contributed by atoms with Gasteiger partial charge in [-0.1, -0.05) is 72.8 Å². The lowest BCUT2D eigenvalue weighted by atomic mass is 9.87. The number of nitrogens with one attached hydrogen (secondary N) is 9. The van der Waals surface area contributed by atoms with Crippen LogP contribution in [-0.4, -0.2) is 240 Å². The quantitative estimate of drug-likeness (QED) is 0.0280. The van der Waals surface area contributed by atoms with Crippen molar-refractivity contribution in [2.24, 2.45) is 41.1 Å². The van der Waals surface area contributed by atoms with Crippen LogP contribution in [0.4, 0.5) is 0 Å². The minimum Gasteiger partial charge on any atom is -0.508 e. The molecule has 0 radical (unpaired) electrons. The molecule has 1 fully saturated rings. The number of likely N-dealkylation sites (N-methyl/N-ethyl adjacent to an activating group) is 2. The third-order valence-electron chi connectivity index (χ3n) is 16.1. The van der Waals surface area contributed by atoms with Gasteiger partial charge < -0.3 is 104 Å². The Balaban J connectivity index is 2.77. The van der Waals surface area contributed by atoms with Crippen molar-refractivity contribution in [1.82, 2.24) is 57.7 Å². The monoisotopic (exact) mass is 1360 g/mol. The summed E-state index contributed by atoms with van der Waals surface area (Å²) in [5.41, 5.74) is 12.1. The van der Waals surface area contributed by atoms with Crippen LogP contribution in [-0.2, 0) is 76.5 Å². The summed E-state index contributed by atoms with van der Waals surface area (Å²) in [4.78, 5) is 184. The number of aromatic hydroxyl groups is 1. The van der Waals surface area contributed by atoms with E-state index >= 15 is 0 Å². The minimum atomic E-state index is -2.11. The van der Waals surface area contributed by atoms with Crippen molar-refractivity contribution in [2.75, 3.05) is 48.0 Å². The average Bonchev–Trinajstić information content (AvgIpc) is 0.818. The van der Waals surface area contributed by atoms with Crippen molar-refractivity contribution in [3.8, 4) is 5.75 Å². The number of carbonyl (C=O) groups is 13. The number of methoxy groups -OCH3 is 2. The molecule has 1 aliphatic rings. The van der Waals surface area contributed by atoms with Gasteiger partial charge in [0.25, 0.3) is 0 Å². The number of hydrogen-bond donors (Lipinski definition) is 15. The van der Waals surface area contributed by atoms with E-state index in [-0.39, 0.29) is 29.6 Å². The Kier molecular flexibility index (Phi) is 34.5. The number of hydrogen-bond acceptors (Lipinski definition) is 21. The van der Waals surface area contributed by atoms with E-state index in [1.165, 1.54) is 79.1 Å². The van der Waals surface area contributed by atoms with Crippen molar-refractivity contribution in [2.45, 2.75) is 193 Å². The number of ether oxygens (including phenoxy) is 3. The zero-order valence-corrected chi connectivity index (χ0v) is 57.6. The third kappa shape index (κ3) is 26.0. The number of cyclic esters (lactones) is 1. The van der Waals surface area contributed by atoms with E-state index < -0.39 is 206 Å². The molecule has 33 heteroatoms. The summed E-state index contributed by atoms with van der Waals surface area (Å²) < 4.78 is 16.8. The SMILES string of the molecule is COCC1NC(=O)C(NC(=O)C(NC(=O)C(NC(=O)C(NC(=O)CNC(=O)CC(O)C=CC(C)CC(C)C)C(C)O)C(C)N)C(C)C(C)C(N)=O)C(C)OC(=O)C(C)N(C)C(=O)C(C(OC)c2ccc(O)cc2)NC(=O)C(C(C)O)N(C)C(=O)C(CC(C)C)NC(=O)CNC1=O. The number of amides is 12. The van der Waals surface area contributed by atoms with Crippen molar-refractivity contribution < 1.29 is 97.0 Å². The summed E-state index contributed by atoms with van der Waals surface area (Å²) in [7, 11) is 4.66. The lowest BCUT2D eigenvalue weighted by Gasteiger charge is -2.36. The Bertz CT molecular complexity index is 2880. The van der Waals surface area contributed by atoms with Gasteiger partial charge in [0, 0.05) is 40.3 Å². The molecule has 2 rings (SSSR count). The molecule has 17 N–H and O–H groups in total. The molecule has 1 heterocycles. The maximum absolute atomic E-state index is 14.9. The molecule has 18 unspecified atom stereocenters. The van der Waals surface area contributed by atoms with Crippen LogP contribution in [0.25, 0.3) is 0 Å². The van der Waals surface area contributed by atoms with Gasteiger partial charge >= 0.3 is 5.97 Å². The minimum absolute atomic E-state index is 0.0354. The molecule has 0 bridgehead atoms. The summed E-state index contributed by atoms with van der Waals surface area (Å²) in [6, 6.07) is -12.0. The van der Waals surface area contributed by atoms with Crippen LogP contribution in [0, 0.1) is 29.6 Å². The summed E-state index contributed by atoms with van der Waals surface area (Å²) >= 11 is 0. The lowest BCUT2D eigenvalue weighted by molar-refractivity contribution is -0.162. The van der Waals surface area contributed by atoms with Gasteiger partial charge in [0.05, 0.1) is 44.4 Å². The highest BCUT2D eigenvalue weighted by atomic mass is 16.5. The van der Waals surface area contributed by atoms with E-state index in [2.05, 4.69) is 47.9 Å². The fraction of sp³-hybridized carbons (Fsp3) is 0.667. The number of nitrogens with two attached hydrogens (primary N) is 2. The van der Waals surface area contributed by atoms with Crippen LogP contribution >= 0.6 is 0 Å². The van der Waals surface area contributed by atoms with E-state index in [0.717, 1.165) is 44.2 Å². The molecule has 0 aromatic heterocycles. The number of carbonyl (C=O) groups excluding carboxylic acids is 13. The van der Waals surface area contributed by atoms with Gasteiger partial charge in [-0.2, -0.15) is 0 Å². The van der Waals surface area contributed by atoms with Gasteiger partial charge in [0.15, 0.2) is 0 Å². The van der Waals surface area contributed by atoms with Crippen LogP contribution in [0.5, 0.6) is 5.75 Å². The largest absolute Gasteiger partial charge is 0.508 e. The topological polar surface area (TPSA) is 497 Å². The molecule has 33 nitrogen and oxygen atoms in total. The van der Waals surface area contributed by atoms with Gasteiger partial charge in [-0.15, -0.1) is 0 Å². The zero-order valence-electron chi connectivity index (χ0n) is 57.6. The molecular formula is C63H103N13O20. The standard InChI is InChI=1S/C63H103N13O20/c1-29(2)23-31(5)17-20-41(80)25-44(81)66-26-46(83)70-49(36(10)77)58(88)72-48(34(8)64)57(87)71-47(32(6)33(7)54(65)84)56(86)73-50-38(12)96-63(93)35(9)75(13)62(92)51(53(95-16)39-18-21-40(79)22-19-39)74-60(90)52(37(11)78)76(14)61(91)42(24-30(3)4)68-45(82)27-67-55(85)43(28-94-15)69-59(50)89/h17-22,29-38,41-43,47-53,77-80H,23-28,64H2,1-16H3,(H2,65,84)(H,66,81)(H,67,85)(H,68,82)(H,69,89)(H,70,83)(H,71,87)(H,72,88)(H,73,86)(H,74,90). The first-order valence-electron chi connectivity index (χ1n) is 31.7. The molecule has 18 atom stereocenters. The molecular weight excluding hydrogens is 1260 g/mol. The summed E-state index contributed by atoms with van der Waals surface area (Å²) in [5, 5.41) is 63.9. The number of aliphatic hydroxyl groups is 3. The molecule has 1 aromatic carbocycles. The van der Waals surface area contributed by atoms with E-state index in [1.54, 1.807) is 19.9 Å². The lowest BCUT2D eigenvalue weighted by Crippen LogP contribution is -2.65. The highest BCUT2D eigenvalue weighted by Crippen LogP contribution is 2.26. The van der Waals surface area contributed by atoms with Gasteiger partial charge in [-0.25, -0.2) is 4.79 Å². The number of esters is 1. The van der Waals surface area contributed by atoms with Crippen molar-refractivity contribution in [3.05, 3.63) is 42.0 Å². The second-order valence-electron chi connectivity index (χ2n) is 25.3. The number of aliphatic hydroxyl groups excluding tert-OH is 3. The first-order valence-corrected chi connectivity index (χ1v) is 31.7. The molecule has 1 aliphatic heterocycles. The summed E-state index contributed by atoms with van der Waals surface area (Å²) in [6.07, 6.45) is -4.07. The van der Waals surface area contributed by atoms with Crippen LogP contribution in [0.1, 0.15) is 114 Å². The summed E-state index contributed by atoms with van der Waals surface area (Å²) in [6.45, 7) is 15.9. The Hall–Kier alpha value is -8.37. The highest BCUT2D eigenvalue weighted by Gasteiger charge is 2.44. The molecule has 1 aromatic rings. The van der Waals surface area contributed by atoms with Gasteiger partial charge in [-0.05, 0) is 88.8 Å². The van der Waals surface area contributed by atoms with E-state index in [9.17, 15) is 82.8 Å². The van der Waals surface area contributed by atoms with Crippen LogP contribution in [0.3, 0.4) is 0 Å². The smallest absolute Gasteiger partial charge is 0.328 e. The molecule has 1 saturated heterocycles. The number of benzene rings is 1. The highest BCUT2D eigenvalue weighted by molar-refractivity contribution is 5.99. The zero-order chi connectivity index (χ0) is 73.3. The Morgan fingerprint density at radius 2 is 1.31 bits per heavy atom. The Morgan fingerprint density at radius 3 is 1.84 bits per heavy atom. The number of primary amides is 1. The predicted octanol–water partition coefficient (Wildman–Crippen LogP) is -4.13. The van der Waals surface area contributed by atoms with E-state index in [4.69, 9.17) is 25.7 Å². The molecule has 0 spiro atoms. The molecule has 0 saturated carbocycles. The number of phenolic OH excluding ortho intramolecular Hbond substituents is 1. The van der Waals surface area contributed by atoms with Gasteiger partial charge in [0.1, 0.15) is 72.3 Å². The normalized spacial score (nSPS) is 23.5. The first-order chi connectivity index (χ1) is 44.7. The number of nitrogens with zero attached hydrogens (tertiary/aromatic N) is 2. The molecule has 540 valence electrons. The van der Waals surface area contributed by atoms with Crippen LogP contribution in [0.15, 0.2) is 36.4 Å². The molecule has 96 heavy (non-hydrogen) atoms. The van der Waals surface area contributed by atoms with E-state index in [1.807, 2.05) is 20.8 Å². The summed E-state index contributed by atoms with van der Waals surface area (Å²) in [5.74, 6) is -16.5. The maximum Gasteiger partial charge on any atom is 0.328 e.